The number of furan rings is 1. The van der Waals surface area contributed by atoms with Crippen LogP contribution in [-0.2, 0) is 4.84 Å². The Hall–Kier alpha value is -3.35. The fourth-order valence-electron chi connectivity index (χ4n) is 2.94. The largest absolute Gasteiger partial charge is 0.449 e. The second-order valence-electron chi connectivity index (χ2n) is 6.78. The summed E-state index contributed by atoms with van der Waals surface area (Å²) >= 11 is 1.63. The van der Waals surface area contributed by atoms with Gasteiger partial charge in [0.15, 0.2) is 6.04 Å². The average Bonchev–Trinajstić information content (AvgIpc) is 3.22. The highest BCUT2D eigenvalue weighted by molar-refractivity contribution is 7.99. The van der Waals surface area contributed by atoms with Gasteiger partial charge in [-0.25, -0.2) is 4.79 Å². The van der Waals surface area contributed by atoms with E-state index in [4.69, 9.17) is 9.25 Å². The Bertz CT molecular complexity index is 1140. The van der Waals surface area contributed by atoms with Crippen molar-refractivity contribution in [1.82, 2.24) is 0 Å². The molecule has 1 atom stereocenters. The topological polar surface area (TPSA) is 73.1 Å². The Labute approximate surface area is 178 Å². The van der Waals surface area contributed by atoms with E-state index < -0.39 is 12.0 Å². The van der Waals surface area contributed by atoms with Crippen molar-refractivity contribution in [3.63, 3.8) is 0 Å². The van der Waals surface area contributed by atoms with Gasteiger partial charge in [0.25, 0.3) is 0 Å². The van der Waals surface area contributed by atoms with E-state index >= 15 is 0 Å². The minimum absolute atomic E-state index is 0.106. The fraction of sp³-hybridized carbons (Fsp3) is 0.0833. The van der Waals surface area contributed by atoms with Crippen molar-refractivity contribution >= 4 is 34.5 Å². The quantitative estimate of drug-likeness (QED) is 0.354. The van der Waals surface area contributed by atoms with Crippen molar-refractivity contribution in [3.8, 4) is 0 Å². The molecule has 5 nitrogen and oxygen atoms in total. The zero-order chi connectivity index (χ0) is 20.9. The molecule has 0 aliphatic rings. The van der Waals surface area contributed by atoms with E-state index in [1.54, 1.807) is 43.0 Å². The Balaban J connectivity index is 1.34. The van der Waals surface area contributed by atoms with Crippen LogP contribution in [0.1, 0.15) is 27.8 Å². The molecule has 0 saturated carbocycles. The Morgan fingerprint density at radius 3 is 2.30 bits per heavy atom. The predicted octanol–water partition coefficient (Wildman–Crippen LogP) is 4.49. The molecule has 0 bridgehead atoms. The smallest absolute Gasteiger partial charge is 0.432 e. The first-order chi connectivity index (χ1) is 14.6. The lowest BCUT2D eigenvalue weighted by Crippen LogP contribution is -2.90. The summed E-state index contributed by atoms with van der Waals surface area (Å²) in [6, 6.07) is 25.8. The van der Waals surface area contributed by atoms with Gasteiger partial charge in [-0.05, 0) is 43.3 Å². The van der Waals surface area contributed by atoms with Gasteiger partial charge in [-0.3, -0.25) is 9.63 Å². The summed E-state index contributed by atoms with van der Waals surface area (Å²) < 4.78 is 5.49. The van der Waals surface area contributed by atoms with E-state index in [9.17, 15) is 9.59 Å². The van der Waals surface area contributed by atoms with Crippen molar-refractivity contribution in [2.75, 3.05) is 0 Å². The van der Waals surface area contributed by atoms with E-state index in [-0.39, 0.29) is 11.5 Å². The minimum Gasteiger partial charge on any atom is -0.449 e. The molecule has 30 heavy (non-hydrogen) atoms. The fourth-order valence-corrected chi connectivity index (χ4v) is 3.78. The van der Waals surface area contributed by atoms with Crippen LogP contribution in [0.2, 0.25) is 0 Å². The number of nitrogens with two attached hydrogens (primary N) is 1. The van der Waals surface area contributed by atoms with Gasteiger partial charge in [-0.2, -0.15) is 0 Å². The minimum atomic E-state index is -0.625. The number of fused-ring (bicyclic) bond motifs is 1. The Kier molecular flexibility index (Phi) is 5.97. The molecule has 0 spiro atoms. The number of quaternary nitrogens is 1. The second kappa shape index (κ2) is 8.98. The summed E-state index contributed by atoms with van der Waals surface area (Å²) in [5, 5.41) is 0.821. The third kappa shape index (κ3) is 4.62. The molecule has 0 aliphatic heterocycles. The third-order valence-corrected chi connectivity index (χ3v) is 5.55. The van der Waals surface area contributed by atoms with E-state index in [2.05, 4.69) is 0 Å². The zero-order valence-electron chi connectivity index (χ0n) is 16.3. The van der Waals surface area contributed by atoms with Gasteiger partial charge in [0.05, 0.1) is 0 Å². The van der Waals surface area contributed by atoms with Crippen LogP contribution in [0.5, 0.6) is 0 Å². The summed E-state index contributed by atoms with van der Waals surface area (Å²) in [5.41, 5.74) is 2.43. The maximum Gasteiger partial charge on any atom is 0.432 e. The molecule has 0 saturated heterocycles. The number of hydrogen-bond acceptors (Lipinski definition) is 5. The van der Waals surface area contributed by atoms with E-state index in [0.717, 1.165) is 15.2 Å². The van der Waals surface area contributed by atoms with Crippen LogP contribution in [0, 0.1) is 0 Å². The number of para-hydroxylation sites is 1. The number of carbonyl (C=O) groups is 2. The zero-order valence-corrected chi connectivity index (χ0v) is 17.1. The maximum absolute atomic E-state index is 12.7. The Morgan fingerprint density at radius 1 is 0.900 bits per heavy atom. The van der Waals surface area contributed by atoms with Gasteiger partial charge >= 0.3 is 5.97 Å². The van der Waals surface area contributed by atoms with Crippen molar-refractivity contribution < 1.29 is 24.3 Å². The monoisotopic (exact) mass is 418 g/mol. The van der Waals surface area contributed by atoms with Gasteiger partial charge in [-0.15, -0.1) is 5.48 Å². The van der Waals surface area contributed by atoms with Crippen molar-refractivity contribution in [3.05, 3.63) is 96.3 Å². The molecule has 4 aromatic rings. The SMILES string of the molecule is CC([NH2+]OC(=O)c1cc2ccccc2o1)C(=O)c1ccc(Sc2ccccc2)cc1. The lowest BCUT2D eigenvalue weighted by Gasteiger charge is -2.09. The van der Waals surface area contributed by atoms with Gasteiger partial charge in [-0.1, -0.05) is 60.3 Å². The van der Waals surface area contributed by atoms with Crippen LogP contribution in [0.3, 0.4) is 0 Å². The summed E-state index contributed by atoms with van der Waals surface area (Å²) in [4.78, 5) is 32.3. The third-order valence-electron chi connectivity index (χ3n) is 4.54. The van der Waals surface area contributed by atoms with Crippen LogP contribution < -0.4 is 5.48 Å². The molecule has 3 aromatic carbocycles. The summed E-state index contributed by atoms with van der Waals surface area (Å²) in [6.07, 6.45) is 0. The molecule has 0 radical (unpaired) electrons. The second-order valence-corrected chi connectivity index (χ2v) is 7.93. The van der Waals surface area contributed by atoms with Gasteiger partial charge in [0.1, 0.15) is 5.58 Å². The predicted molar refractivity (Wildman–Crippen MR) is 114 cm³/mol. The van der Waals surface area contributed by atoms with Crippen LogP contribution in [0.4, 0.5) is 0 Å². The number of benzene rings is 3. The molecule has 1 heterocycles. The Morgan fingerprint density at radius 2 is 1.57 bits per heavy atom. The van der Waals surface area contributed by atoms with E-state index in [1.807, 2.05) is 60.7 Å². The lowest BCUT2D eigenvalue weighted by atomic mass is 10.1. The molecule has 2 N–H and O–H groups in total. The van der Waals surface area contributed by atoms with Crippen molar-refractivity contribution in [2.45, 2.75) is 22.8 Å². The summed E-state index contributed by atoms with van der Waals surface area (Å²) in [5.74, 6) is -0.640. The number of Topliss-reactive ketones (excluding diaryl/α,β-unsaturated/α-hetero) is 1. The molecular weight excluding hydrogens is 398 g/mol. The molecule has 4 rings (SSSR count). The van der Waals surface area contributed by atoms with Crippen molar-refractivity contribution in [2.24, 2.45) is 0 Å². The van der Waals surface area contributed by atoms with Crippen LogP contribution in [0.25, 0.3) is 11.0 Å². The highest BCUT2D eigenvalue weighted by Gasteiger charge is 2.23. The van der Waals surface area contributed by atoms with E-state index in [0.29, 0.717) is 11.1 Å². The first-order valence-electron chi connectivity index (χ1n) is 9.50. The number of ketones is 1. The molecule has 0 fully saturated rings. The first-order valence-corrected chi connectivity index (χ1v) is 10.3. The number of rotatable bonds is 7. The highest BCUT2D eigenvalue weighted by atomic mass is 32.2. The summed E-state index contributed by atoms with van der Waals surface area (Å²) in [6.45, 7) is 1.70. The van der Waals surface area contributed by atoms with Crippen LogP contribution >= 0.6 is 11.8 Å². The van der Waals surface area contributed by atoms with E-state index in [1.165, 1.54) is 5.48 Å². The molecule has 150 valence electrons. The maximum atomic E-state index is 12.7. The van der Waals surface area contributed by atoms with Gasteiger partial charge in [0.2, 0.25) is 11.5 Å². The van der Waals surface area contributed by atoms with Crippen molar-refractivity contribution in [1.29, 1.82) is 0 Å². The lowest BCUT2D eigenvalue weighted by molar-refractivity contribution is -0.883. The van der Waals surface area contributed by atoms with Gasteiger partial charge in [0, 0.05) is 20.7 Å². The molecule has 0 aliphatic carbocycles. The molecular formula is C24H20NO4S+. The average molecular weight is 418 g/mol. The van der Waals surface area contributed by atoms with Crippen LogP contribution in [0.15, 0.2) is 99.1 Å². The number of hydrogen-bond donors (Lipinski definition) is 1. The summed E-state index contributed by atoms with van der Waals surface area (Å²) in [7, 11) is 0. The molecule has 6 heteroatoms. The molecule has 1 aromatic heterocycles. The number of hydroxylamine groups is 1. The number of carbonyl (C=O) groups excluding carboxylic acids is 2. The van der Waals surface area contributed by atoms with Gasteiger partial charge < -0.3 is 4.42 Å². The molecule has 1 unspecified atom stereocenters. The molecule has 0 amide bonds. The standard InChI is InChI=1S/C24H19NO4S/c1-16(25-29-24(27)22-15-18-7-5-6-10-21(18)28-22)23(26)17-11-13-20(14-12-17)30-19-8-3-2-4-9-19/h2-16,25H,1H3/p+1. The highest BCUT2D eigenvalue weighted by Crippen LogP contribution is 2.27. The normalized spacial score (nSPS) is 11.9. The van der Waals surface area contributed by atoms with Crippen LogP contribution in [-0.4, -0.2) is 17.8 Å². The first kappa shape index (κ1) is 19.9.